The highest BCUT2D eigenvalue weighted by atomic mass is 19.1. The molecule has 0 amide bonds. The zero-order valence-corrected chi connectivity index (χ0v) is 16.2. The second kappa shape index (κ2) is 8.08. The van der Waals surface area contributed by atoms with Crippen molar-refractivity contribution < 1.29 is 14.3 Å². The molecule has 3 aromatic carbocycles. The molecular weight excluding hydrogens is 365 g/mol. The number of hydrogen-bond acceptors (Lipinski definition) is 2. The first-order valence-electron chi connectivity index (χ1n) is 9.90. The average Bonchev–Trinajstić information content (AvgIpc) is 3.49. The van der Waals surface area contributed by atoms with Crippen molar-refractivity contribution in [1.82, 2.24) is 0 Å². The van der Waals surface area contributed by atoms with Crippen LogP contribution in [0.25, 0.3) is 0 Å². The van der Waals surface area contributed by atoms with Crippen molar-refractivity contribution in [3.8, 4) is 0 Å². The molecule has 0 radical (unpaired) electrons. The minimum Gasteiger partial charge on any atom is -0.481 e. The molecule has 0 unspecified atom stereocenters. The number of anilines is 1. The van der Waals surface area contributed by atoms with E-state index in [0.29, 0.717) is 18.8 Å². The molecule has 0 saturated heterocycles. The topological polar surface area (TPSA) is 40.5 Å². The maximum Gasteiger partial charge on any atom is 0.304 e. The van der Waals surface area contributed by atoms with Crippen molar-refractivity contribution in [2.45, 2.75) is 37.8 Å². The lowest BCUT2D eigenvalue weighted by Gasteiger charge is -2.27. The zero-order chi connectivity index (χ0) is 20.3. The molecule has 3 nitrogen and oxygen atoms in total. The number of rotatable bonds is 8. The Morgan fingerprint density at radius 2 is 1.45 bits per heavy atom. The van der Waals surface area contributed by atoms with E-state index in [1.807, 2.05) is 71.6 Å². The van der Waals surface area contributed by atoms with Crippen molar-refractivity contribution in [2.24, 2.45) is 0 Å². The van der Waals surface area contributed by atoms with Gasteiger partial charge in [-0.25, -0.2) is 4.39 Å². The van der Waals surface area contributed by atoms with Crippen molar-refractivity contribution in [3.05, 3.63) is 101 Å². The Morgan fingerprint density at radius 3 is 1.93 bits per heavy atom. The van der Waals surface area contributed by atoms with Gasteiger partial charge in [-0.1, -0.05) is 66.7 Å². The molecule has 4 rings (SSSR count). The summed E-state index contributed by atoms with van der Waals surface area (Å²) in [6.45, 7) is 1.14. The van der Waals surface area contributed by atoms with Crippen molar-refractivity contribution in [3.63, 3.8) is 0 Å². The molecule has 0 bridgehead atoms. The van der Waals surface area contributed by atoms with Gasteiger partial charge in [0, 0.05) is 18.5 Å². The number of carbonyl (C=O) groups is 1. The van der Waals surface area contributed by atoms with Gasteiger partial charge in [0.1, 0.15) is 5.82 Å². The highest BCUT2D eigenvalue weighted by Gasteiger charge is 2.46. The number of aliphatic carboxylic acids is 1. The summed E-state index contributed by atoms with van der Waals surface area (Å²) in [7, 11) is 0. The normalized spacial score (nSPS) is 14.4. The molecule has 4 heteroatoms. The predicted molar refractivity (Wildman–Crippen MR) is 112 cm³/mol. The molecule has 29 heavy (non-hydrogen) atoms. The summed E-state index contributed by atoms with van der Waals surface area (Å²) in [5.41, 5.74) is 3.29. The minimum absolute atomic E-state index is 0.0927. The van der Waals surface area contributed by atoms with Gasteiger partial charge in [-0.2, -0.15) is 0 Å². The molecule has 0 atom stereocenters. The van der Waals surface area contributed by atoms with E-state index < -0.39 is 5.97 Å². The molecule has 1 aliphatic carbocycles. The Bertz CT molecular complexity index is 943. The number of carboxylic acids is 1. The number of carboxylic acid groups (broad SMARTS) is 1. The molecule has 148 valence electrons. The van der Waals surface area contributed by atoms with Crippen LogP contribution in [0, 0.1) is 5.82 Å². The minimum atomic E-state index is -0.807. The molecular formula is C25H24FNO2. The lowest BCUT2D eigenvalue weighted by Crippen LogP contribution is -2.24. The molecule has 1 N–H and O–H groups in total. The fourth-order valence-electron chi connectivity index (χ4n) is 3.93. The van der Waals surface area contributed by atoms with Gasteiger partial charge in [-0.3, -0.25) is 4.79 Å². The average molecular weight is 389 g/mol. The fourth-order valence-corrected chi connectivity index (χ4v) is 3.93. The molecule has 1 fully saturated rings. The van der Waals surface area contributed by atoms with Crippen LogP contribution in [0.1, 0.15) is 36.0 Å². The third-order valence-corrected chi connectivity index (χ3v) is 5.67. The van der Waals surface area contributed by atoms with E-state index >= 15 is 0 Å². The number of benzene rings is 3. The van der Waals surface area contributed by atoms with Crippen LogP contribution in [-0.2, 0) is 23.3 Å². The zero-order valence-electron chi connectivity index (χ0n) is 16.2. The van der Waals surface area contributed by atoms with Crippen LogP contribution in [0.2, 0.25) is 0 Å². The van der Waals surface area contributed by atoms with Crippen LogP contribution in [-0.4, -0.2) is 11.1 Å². The summed E-state index contributed by atoms with van der Waals surface area (Å²) in [6.07, 6.45) is 1.76. The maximum atomic E-state index is 14.9. The first-order valence-corrected chi connectivity index (χ1v) is 9.90. The molecule has 1 aliphatic rings. The predicted octanol–water partition coefficient (Wildman–Crippen LogP) is 5.54. The monoisotopic (exact) mass is 389 g/mol. The van der Waals surface area contributed by atoms with Gasteiger partial charge in [-0.15, -0.1) is 0 Å². The Morgan fingerprint density at radius 1 is 0.897 bits per heavy atom. The van der Waals surface area contributed by atoms with Crippen molar-refractivity contribution >= 4 is 11.7 Å². The Kier molecular flexibility index (Phi) is 5.34. The Labute approximate surface area is 170 Å². The van der Waals surface area contributed by atoms with Crippen LogP contribution >= 0.6 is 0 Å². The molecule has 0 spiro atoms. The third-order valence-electron chi connectivity index (χ3n) is 5.67. The van der Waals surface area contributed by atoms with Crippen LogP contribution in [0.4, 0.5) is 10.1 Å². The summed E-state index contributed by atoms with van der Waals surface area (Å²) in [6, 6.07) is 25.1. The quantitative estimate of drug-likeness (QED) is 0.550. The first kappa shape index (κ1) is 19.2. The van der Waals surface area contributed by atoms with Crippen LogP contribution in [0.15, 0.2) is 78.9 Å². The van der Waals surface area contributed by atoms with Gasteiger partial charge >= 0.3 is 5.97 Å². The van der Waals surface area contributed by atoms with Gasteiger partial charge in [0.05, 0.1) is 12.1 Å². The lowest BCUT2D eigenvalue weighted by atomic mass is 9.91. The Balaban J connectivity index is 1.69. The molecule has 3 aromatic rings. The lowest BCUT2D eigenvalue weighted by molar-refractivity contribution is -0.137. The molecule has 0 aliphatic heterocycles. The van der Waals surface area contributed by atoms with Gasteiger partial charge in [0.2, 0.25) is 0 Å². The maximum absolute atomic E-state index is 14.9. The van der Waals surface area contributed by atoms with E-state index in [9.17, 15) is 14.3 Å². The summed E-state index contributed by atoms with van der Waals surface area (Å²) in [5, 5.41) is 9.29. The van der Waals surface area contributed by atoms with E-state index in [1.165, 1.54) is 6.07 Å². The van der Waals surface area contributed by atoms with Gasteiger partial charge in [0.25, 0.3) is 0 Å². The summed E-state index contributed by atoms with van der Waals surface area (Å²) in [4.78, 5) is 13.3. The third kappa shape index (κ3) is 4.48. The fraction of sp³-hybridized carbons (Fsp3) is 0.240. The van der Waals surface area contributed by atoms with Crippen LogP contribution in [0.5, 0.6) is 0 Å². The standard InChI is InChI=1S/C25H24FNO2/c26-22-12-11-21(25(13-14-25)16-24(28)29)15-23(22)27(17-19-7-3-1-4-8-19)18-20-9-5-2-6-10-20/h1-12,15H,13-14,16-18H2,(H,28,29). The van der Waals surface area contributed by atoms with Crippen LogP contribution in [0.3, 0.4) is 0 Å². The number of halogens is 1. The summed E-state index contributed by atoms with van der Waals surface area (Å²) < 4.78 is 14.9. The van der Waals surface area contributed by atoms with Gasteiger partial charge in [0.15, 0.2) is 0 Å². The van der Waals surface area contributed by atoms with E-state index in [2.05, 4.69) is 0 Å². The van der Waals surface area contributed by atoms with E-state index in [-0.39, 0.29) is 17.7 Å². The second-order valence-electron chi connectivity index (χ2n) is 7.84. The van der Waals surface area contributed by atoms with Crippen molar-refractivity contribution in [2.75, 3.05) is 4.90 Å². The summed E-state index contributed by atoms with van der Waals surface area (Å²) in [5.74, 6) is -1.09. The Hall–Kier alpha value is -3.14. The van der Waals surface area contributed by atoms with E-state index in [1.54, 1.807) is 6.07 Å². The SMILES string of the molecule is O=C(O)CC1(c2ccc(F)c(N(Cc3ccccc3)Cc3ccccc3)c2)CC1. The van der Waals surface area contributed by atoms with Crippen LogP contribution < -0.4 is 4.90 Å². The highest BCUT2D eigenvalue weighted by molar-refractivity contribution is 5.70. The van der Waals surface area contributed by atoms with Crippen molar-refractivity contribution in [1.29, 1.82) is 0 Å². The number of hydrogen-bond donors (Lipinski definition) is 1. The summed E-state index contributed by atoms with van der Waals surface area (Å²) >= 11 is 0. The van der Waals surface area contributed by atoms with Gasteiger partial charge < -0.3 is 10.0 Å². The van der Waals surface area contributed by atoms with Gasteiger partial charge in [-0.05, 0) is 41.7 Å². The molecule has 0 heterocycles. The number of nitrogens with zero attached hydrogens (tertiary/aromatic N) is 1. The second-order valence-corrected chi connectivity index (χ2v) is 7.84. The molecule has 1 saturated carbocycles. The van der Waals surface area contributed by atoms with E-state index in [4.69, 9.17) is 0 Å². The first-order chi connectivity index (χ1) is 14.1. The smallest absolute Gasteiger partial charge is 0.304 e. The van der Waals surface area contributed by atoms with E-state index in [0.717, 1.165) is 29.5 Å². The molecule has 0 aromatic heterocycles. The largest absolute Gasteiger partial charge is 0.481 e. The highest BCUT2D eigenvalue weighted by Crippen LogP contribution is 2.51.